The molecule has 0 saturated carbocycles. The van der Waals surface area contributed by atoms with Crippen LogP contribution < -0.4 is 10.2 Å². The Kier molecular flexibility index (Phi) is 5.59. The summed E-state index contributed by atoms with van der Waals surface area (Å²) in [4.78, 5) is 6.76. The second-order valence-electron chi connectivity index (χ2n) is 6.75. The number of hydrogen-bond donors (Lipinski definition) is 1. The first kappa shape index (κ1) is 16.2. The van der Waals surface area contributed by atoms with Crippen molar-refractivity contribution in [3.05, 3.63) is 24.0 Å². The van der Waals surface area contributed by atoms with Gasteiger partial charge in [0.25, 0.3) is 0 Å². The largest absolute Gasteiger partial charge is 0.378 e. The molecule has 0 radical (unpaired) electrons. The van der Waals surface area contributed by atoms with E-state index in [1.165, 1.54) is 11.3 Å². The summed E-state index contributed by atoms with van der Waals surface area (Å²) in [6.07, 6.45) is 6.54. The van der Waals surface area contributed by atoms with Gasteiger partial charge in [-0.1, -0.05) is 0 Å². The second-order valence-corrected chi connectivity index (χ2v) is 6.75. The third kappa shape index (κ3) is 4.97. The van der Waals surface area contributed by atoms with Crippen LogP contribution in [0.15, 0.2) is 18.5 Å². The number of anilines is 1. The quantitative estimate of drug-likeness (QED) is 0.905. The monoisotopic (exact) mass is 291 g/mol. The lowest BCUT2D eigenvalue weighted by Gasteiger charge is -2.34. The average molecular weight is 291 g/mol. The van der Waals surface area contributed by atoms with Gasteiger partial charge in [-0.05, 0) is 46.6 Å². The Morgan fingerprint density at radius 3 is 2.67 bits per heavy atom. The number of nitrogens with one attached hydrogen (secondary N) is 1. The van der Waals surface area contributed by atoms with Crippen LogP contribution in [0.3, 0.4) is 0 Å². The van der Waals surface area contributed by atoms with Gasteiger partial charge < -0.3 is 15.0 Å². The van der Waals surface area contributed by atoms with E-state index in [0.29, 0.717) is 6.10 Å². The van der Waals surface area contributed by atoms with Crippen LogP contribution in [0.1, 0.15) is 46.1 Å². The predicted octanol–water partition coefficient (Wildman–Crippen LogP) is 2.98. The van der Waals surface area contributed by atoms with E-state index in [1.807, 2.05) is 12.4 Å². The van der Waals surface area contributed by atoms with Gasteiger partial charge in [0.1, 0.15) is 0 Å². The fraction of sp³-hybridized carbons (Fsp3) is 0.706. The molecular formula is C17H29N3O. The highest BCUT2D eigenvalue weighted by Gasteiger charge is 2.21. The smallest absolute Gasteiger partial charge is 0.0608 e. The van der Waals surface area contributed by atoms with Crippen LogP contribution in [0.5, 0.6) is 0 Å². The fourth-order valence-electron chi connectivity index (χ4n) is 2.72. The molecule has 1 aromatic heterocycles. The number of pyridine rings is 1. The maximum Gasteiger partial charge on any atom is 0.0608 e. The van der Waals surface area contributed by atoms with Crippen LogP contribution in [0, 0.1) is 0 Å². The maximum absolute atomic E-state index is 5.74. The SMILES string of the molecule is CCOC1CCN(c2ccncc2CNC(C)(C)C)CC1. The summed E-state index contributed by atoms with van der Waals surface area (Å²) < 4.78 is 5.74. The zero-order valence-electron chi connectivity index (χ0n) is 13.9. The summed E-state index contributed by atoms with van der Waals surface area (Å²) in [7, 11) is 0. The van der Waals surface area contributed by atoms with Crippen molar-refractivity contribution in [2.24, 2.45) is 0 Å². The van der Waals surface area contributed by atoms with E-state index >= 15 is 0 Å². The minimum absolute atomic E-state index is 0.120. The minimum Gasteiger partial charge on any atom is -0.378 e. The first-order chi connectivity index (χ1) is 9.99. The highest BCUT2D eigenvalue weighted by atomic mass is 16.5. The molecule has 0 amide bonds. The van der Waals surface area contributed by atoms with Crippen LogP contribution in [0.25, 0.3) is 0 Å². The summed E-state index contributed by atoms with van der Waals surface area (Å²) in [5, 5.41) is 3.56. The highest BCUT2D eigenvalue weighted by Crippen LogP contribution is 2.24. The van der Waals surface area contributed by atoms with Crippen LogP contribution >= 0.6 is 0 Å². The van der Waals surface area contributed by atoms with Crippen molar-refractivity contribution in [1.29, 1.82) is 0 Å². The molecule has 21 heavy (non-hydrogen) atoms. The van der Waals surface area contributed by atoms with E-state index in [1.54, 1.807) is 0 Å². The van der Waals surface area contributed by atoms with E-state index in [0.717, 1.165) is 39.1 Å². The van der Waals surface area contributed by atoms with Crippen molar-refractivity contribution in [2.75, 3.05) is 24.6 Å². The van der Waals surface area contributed by atoms with Gasteiger partial charge >= 0.3 is 0 Å². The highest BCUT2D eigenvalue weighted by molar-refractivity contribution is 5.52. The molecule has 1 saturated heterocycles. The Morgan fingerprint density at radius 2 is 2.05 bits per heavy atom. The molecular weight excluding hydrogens is 262 g/mol. The van der Waals surface area contributed by atoms with Crippen LogP contribution in [0.4, 0.5) is 5.69 Å². The molecule has 0 spiro atoms. The van der Waals surface area contributed by atoms with E-state index in [-0.39, 0.29) is 5.54 Å². The maximum atomic E-state index is 5.74. The van der Waals surface area contributed by atoms with Gasteiger partial charge in [0.2, 0.25) is 0 Å². The van der Waals surface area contributed by atoms with Gasteiger partial charge in [-0.25, -0.2) is 0 Å². The zero-order chi connectivity index (χ0) is 15.3. The number of nitrogens with zero attached hydrogens (tertiary/aromatic N) is 2. The lowest BCUT2D eigenvalue weighted by atomic mass is 10.0. The molecule has 1 fully saturated rings. The molecule has 4 heteroatoms. The van der Waals surface area contributed by atoms with Crippen LogP contribution in [0.2, 0.25) is 0 Å². The van der Waals surface area contributed by atoms with Crippen LogP contribution in [-0.2, 0) is 11.3 Å². The third-order valence-electron chi connectivity index (χ3n) is 3.87. The molecule has 2 rings (SSSR count). The normalized spacial score (nSPS) is 17.2. The molecule has 4 nitrogen and oxygen atoms in total. The molecule has 0 atom stereocenters. The van der Waals surface area contributed by atoms with Gasteiger partial charge in [0.15, 0.2) is 0 Å². The minimum atomic E-state index is 0.120. The number of rotatable bonds is 5. The van der Waals surface area contributed by atoms with E-state index in [2.05, 4.69) is 49.0 Å². The molecule has 1 N–H and O–H groups in total. The molecule has 1 aromatic rings. The Bertz CT molecular complexity index is 434. The lowest BCUT2D eigenvalue weighted by molar-refractivity contribution is 0.0459. The van der Waals surface area contributed by atoms with Crippen molar-refractivity contribution in [1.82, 2.24) is 10.3 Å². The molecule has 0 aliphatic carbocycles. The average Bonchev–Trinajstić information content (AvgIpc) is 2.46. The number of hydrogen-bond acceptors (Lipinski definition) is 4. The molecule has 1 aliphatic heterocycles. The number of aromatic nitrogens is 1. The third-order valence-corrected chi connectivity index (χ3v) is 3.87. The summed E-state index contributed by atoms with van der Waals surface area (Å²) in [6.45, 7) is 12.5. The van der Waals surface area contributed by atoms with E-state index in [4.69, 9.17) is 4.74 Å². The van der Waals surface area contributed by atoms with Gasteiger partial charge in [0.05, 0.1) is 6.10 Å². The van der Waals surface area contributed by atoms with Gasteiger partial charge in [-0.3, -0.25) is 4.98 Å². The Balaban J connectivity index is 2.00. The van der Waals surface area contributed by atoms with E-state index < -0.39 is 0 Å². The standard InChI is InChI=1S/C17H29N3O/c1-5-21-15-7-10-20(11-8-15)16-6-9-18-12-14(16)13-19-17(2,3)4/h6,9,12,15,19H,5,7-8,10-11,13H2,1-4H3. The molecule has 1 aliphatic rings. The Hall–Kier alpha value is -1.13. The van der Waals surface area contributed by atoms with Crippen molar-refractivity contribution < 1.29 is 4.74 Å². The molecule has 0 unspecified atom stereocenters. The first-order valence-electron chi connectivity index (χ1n) is 8.04. The summed E-state index contributed by atoms with van der Waals surface area (Å²) in [6, 6.07) is 2.14. The lowest BCUT2D eigenvalue weighted by Crippen LogP contribution is -2.39. The topological polar surface area (TPSA) is 37.4 Å². The predicted molar refractivity (Wildman–Crippen MR) is 87.7 cm³/mol. The molecule has 0 bridgehead atoms. The zero-order valence-corrected chi connectivity index (χ0v) is 13.9. The molecule has 2 heterocycles. The van der Waals surface area contributed by atoms with Gasteiger partial charge in [0, 0.05) is 55.4 Å². The van der Waals surface area contributed by atoms with Crippen molar-refractivity contribution in [3.8, 4) is 0 Å². The summed E-state index contributed by atoms with van der Waals surface area (Å²) in [5.41, 5.74) is 2.72. The summed E-state index contributed by atoms with van der Waals surface area (Å²) in [5.74, 6) is 0. The number of piperidine rings is 1. The van der Waals surface area contributed by atoms with Crippen molar-refractivity contribution >= 4 is 5.69 Å². The summed E-state index contributed by atoms with van der Waals surface area (Å²) >= 11 is 0. The Morgan fingerprint density at radius 1 is 1.33 bits per heavy atom. The fourth-order valence-corrected chi connectivity index (χ4v) is 2.72. The van der Waals surface area contributed by atoms with Gasteiger partial charge in [-0.15, -0.1) is 0 Å². The Labute approximate surface area is 128 Å². The molecule has 118 valence electrons. The molecule has 0 aromatic carbocycles. The van der Waals surface area contributed by atoms with Crippen molar-refractivity contribution in [2.45, 2.75) is 58.7 Å². The van der Waals surface area contributed by atoms with E-state index in [9.17, 15) is 0 Å². The van der Waals surface area contributed by atoms with Crippen LogP contribution in [-0.4, -0.2) is 36.3 Å². The number of ether oxygens (including phenoxy) is 1. The first-order valence-corrected chi connectivity index (χ1v) is 8.04. The van der Waals surface area contributed by atoms with Gasteiger partial charge in [-0.2, -0.15) is 0 Å². The second kappa shape index (κ2) is 7.23. The van der Waals surface area contributed by atoms with Crippen molar-refractivity contribution in [3.63, 3.8) is 0 Å².